The number of carbonyl (C=O) groups is 2. The molecule has 1 aliphatic heterocycles. The molecular weight excluding hydrogens is 427 g/mol. The highest BCUT2D eigenvalue weighted by atomic mass is 32.2. The van der Waals surface area contributed by atoms with Gasteiger partial charge in [-0.15, -0.1) is 0 Å². The van der Waals surface area contributed by atoms with Crippen molar-refractivity contribution in [1.29, 1.82) is 0 Å². The number of aromatic nitrogens is 1. The molecule has 0 bridgehead atoms. The minimum absolute atomic E-state index is 0.0489. The van der Waals surface area contributed by atoms with E-state index in [0.29, 0.717) is 18.3 Å². The third kappa shape index (κ3) is 5.67. The quantitative estimate of drug-likeness (QED) is 0.537. The topological polar surface area (TPSA) is 114 Å². The second-order valence-corrected chi connectivity index (χ2v) is 8.92. The minimum atomic E-state index is -1.48. The number of halogens is 1. The predicted octanol–water partition coefficient (Wildman–Crippen LogP) is 2.17. The summed E-state index contributed by atoms with van der Waals surface area (Å²) in [6.07, 6.45) is 3.67. The molecule has 1 aromatic carbocycles. The molecule has 2 heterocycles. The van der Waals surface area contributed by atoms with Crippen LogP contribution in [0, 0.1) is 11.7 Å². The molecule has 0 radical (unpaired) electrons. The van der Waals surface area contributed by atoms with Crippen molar-refractivity contribution >= 4 is 22.9 Å². The van der Waals surface area contributed by atoms with Crippen LogP contribution in [0.5, 0.6) is 5.75 Å². The molecule has 166 valence electrons. The van der Waals surface area contributed by atoms with Crippen LogP contribution in [0.1, 0.15) is 43.0 Å². The van der Waals surface area contributed by atoms with Crippen molar-refractivity contribution in [3.63, 3.8) is 0 Å². The highest BCUT2D eigenvalue weighted by Crippen LogP contribution is 2.31. The standard InChI is InChI=1S/C20H23FN4O5S/c1-12(14-4-5-16(21)17(6-14)29-10-13-2-3-13)24-31(28)11-15-7-22-19(30-15)9-25-8-18(26)23-20(25)27/h4-7,12-13,24H,2-3,8-11H2,1H3,(H,23,26,27). The molecule has 2 fully saturated rings. The van der Waals surface area contributed by atoms with E-state index in [1.165, 1.54) is 17.2 Å². The Morgan fingerprint density at radius 2 is 2.23 bits per heavy atom. The van der Waals surface area contributed by atoms with Crippen molar-refractivity contribution in [3.8, 4) is 5.75 Å². The molecule has 9 nitrogen and oxygen atoms in total. The van der Waals surface area contributed by atoms with E-state index in [9.17, 15) is 18.2 Å². The van der Waals surface area contributed by atoms with Crippen LogP contribution in [0.4, 0.5) is 9.18 Å². The highest BCUT2D eigenvalue weighted by Gasteiger charge is 2.28. The fraction of sp³-hybridized carbons (Fsp3) is 0.450. The Morgan fingerprint density at radius 3 is 2.94 bits per heavy atom. The lowest BCUT2D eigenvalue weighted by molar-refractivity contribution is -0.118. The van der Waals surface area contributed by atoms with Crippen LogP contribution in [0.3, 0.4) is 0 Å². The van der Waals surface area contributed by atoms with Gasteiger partial charge < -0.3 is 14.1 Å². The average molecular weight is 450 g/mol. The lowest BCUT2D eigenvalue weighted by Crippen LogP contribution is -2.27. The second-order valence-electron chi connectivity index (χ2n) is 7.70. The summed E-state index contributed by atoms with van der Waals surface area (Å²) >= 11 is 0. The smallest absolute Gasteiger partial charge is 0.325 e. The number of rotatable bonds is 10. The van der Waals surface area contributed by atoms with Crippen LogP contribution < -0.4 is 14.8 Å². The number of oxazole rings is 1. The van der Waals surface area contributed by atoms with Crippen LogP contribution >= 0.6 is 0 Å². The fourth-order valence-electron chi connectivity index (χ4n) is 3.09. The third-order valence-corrected chi connectivity index (χ3v) is 6.17. The van der Waals surface area contributed by atoms with Gasteiger partial charge in [0.15, 0.2) is 11.6 Å². The number of amides is 3. The van der Waals surface area contributed by atoms with Gasteiger partial charge in [0.2, 0.25) is 11.8 Å². The first-order valence-electron chi connectivity index (χ1n) is 9.96. The fourth-order valence-corrected chi connectivity index (χ4v) is 4.10. The lowest BCUT2D eigenvalue weighted by Gasteiger charge is -2.15. The summed E-state index contributed by atoms with van der Waals surface area (Å²) in [5.74, 6) is 0.617. The van der Waals surface area contributed by atoms with Gasteiger partial charge >= 0.3 is 6.03 Å². The Bertz CT molecular complexity index is 1010. The summed E-state index contributed by atoms with van der Waals surface area (Å²) < 4.78 is 40.5. The van der Waals surface area contributed by atoms with E-state index in [0.717, 1.165) is 18.4 Å². The maximum atomic E-state index is 14.0. The van der Waals surface area contributed by atoms with Crippen LogP contribution in [-0.4, -0.2) is 39.2 Å². The number of hydrogen-bond donors (Lipinski definition) is 2. The van der Waals surface area contributed by atoms with E-state index in [-0.39, 0.29) is 42.4 Å². The van der Waals surface area contributed by atoms with Crippen LogP contribution in [0.25, 0.3) is 0 Å². The molecule has 2 aromatic rings. The minimum Gasteiger partial charge on any atom is -0.490 e. The van der Waals surface area contributed by atoms with Crippen molar-refractivity contribution in [3.05, 3.63) is 47.4 Å². The molecule has 1 saturated heterocycles. The van der Waals surface area contributed by atoms with E-state index < -0.39 is 22.8 Å². The van der Waals surface area contributed by atoms with Gasteiger partial charge in [0, 0.05) is 6.04 Å². The molecule has 3 amide bonds. The molecule has 1 aromatic heterocycles. The Balaban J connectivity index is 1.30. The summed E-state index contributed by atoms with van der Waals surface area (Å²) in [4.78, 5) is 28.2. The zero-order chi connectivity index (χ0) is 22.0. The normalized spacial score (nSPS) is 18.2. The van der Waals surface area contributed by atoms with Crippen molar-refractivity contribution in [2.75, 3.05) is 13.2 Å². The van der Waals surface area contributed by atoms with Crippen molar-refractivity contribution in [2.24, 2.45) is 5.92 Å². The first-order valence-corrected chi connectivity index (χ1v) is 11.3. The van der Waals surface area contributed by atoms with E-state index >= 15 is 0 Å². The maximum absolute atomic E-state index is 14.0. The number of imide groups is 1. The van der Waals surface area contributed by atoms with E-state index in [4.69, 9.17) is 9.15 Å². The summed E-state index contributed by atoms with van der Waals surface area (Å²) in [6, 6.07) is 3.79. The van der Waals surface area contributed by atoms with E-state index in [1.54, 1.807) is 12.1 Å². The van der Waals surface area contributed by atoms with Gasteiger partial charge in [0.1, 0.15) is 12.3 Å². The Kier molecular flexibility index (Phi) is 6.33. The van der Waals surface area contributed by atoms with E-state index in [2.05, 4.69) is 15.0 Å². The number of ether oxygens (including phenoxy) is 1. The SMILES string of the molecule is CC(NS(=O)Cc1cnc(CN2CC(=O)NC2=O)o1)c1ccc(F)c(OCC2CC2)c1. The Hall–Kier alpha value is -2.79. The number of carbonyl (C=O) groups excluding carboxylic acids is 2. The molecule has 2 atom stereocenters. The number of benzene rings is 1. The van der Waals surface area contributed by atoms with Gasteiger partial charge in [-0.05, 0) is 43.4 Å². The zero-order valence-electron chi connectivity index (χ0n) is 16.9. The summed E-state index contributed by atoms with van der Waals surface area (Å²) in [7, 11) is -1.48. The Morgan fingerprint density at radius 1 is 1.42 bits per heavy atom. The van der Waals surface area contributed by atoms with Gasteiger partial charge in [0.25, 0.3) is 0 Å². The number of hydrogen-bond acceptors (Lipinski definition) is 6. The van der Waals surface area contributed by atoms with Crippen LogP contribution in [-0.2, 0) is 28.1 Å². The largest absolute Gasteiger partial charge is 0.490 e. The Labute approximate surface area is 180 Å². The average Bonchev–Trinajstić information content (AvgIpc) is 3.36. The molecule has 4 rings (SSSR count). The monoisotopic (exact) mass is 450 g/mol. The summed E-state index contributed by atoms with van der Waals surface area (Å²) in [6.45, 7) is 2.33. The van der Waals surface area contributed by atoms with Crippen LogP contribution in [0.2, 0.25) is 0 Å². The molecular formula is C20H23FN4O5S. The molecule has 2 N–H and O–H groups in total. The van der Waals surface area contributed by atoms with Gasteiger partial charge in [-0.25, -0.2) is 23.1 Å². The second kappa shape index (κ2) is 9.15. The third-order valence-electron chi connectivity index (χ3n) is 5.00. The summed E-state index contributed by atoms with van der Waals surface area (Å²) in [5, 5.41) is 2.17. The van der Waals surface area contributed by atoms with Gasteiger partial charge in [0.05, 0.1) is 36.1 Å². The van der Waals surface area contributed by atoms with Crippen LogP contribution in [0.15, 0.2) is 28.8 Å². The first kappa shape index (κ1) is 21.4. The first-order chi connectivity index (χ1) is 14.9. The zero-order valence-corrected chi connectivity index (χ0v) is 17.7. The molecule has 0 spiro atoms. The van der Waals surface area contributed by atoms with Crippen molar-refractivity contribution in [1.82, 2.24) is 19.9 Å². The van der Waals surface area contributed by atoms with E-state index in [1.807, 2.05) is 6.92 Å². The summed E-state index contributed by atoms with van der Waals surface area (Å²) in [5.41, 5.74) is 0.753. The number of nitrogens with zero attached hydrogens (tertiary/aromatic N) is 2. The molecule has 2 aliphatic rings. The molecule has 1 aliphatic carbocycles. The lowest BCUT2D eigenvalue weighted by atomic mass is 10.1. The molecule has 11 heteroatoms. The van der Waals surface area contributed by atoms with Crippen molar-refractivity contribution in [2.45, 2.75) is 38.1 Å². The van der Waals surface area contributed by atoms with Gasteiger partial charge in [-0.2, -0.15) is 0 Å². The highest BCUT2D eigenvalue weighted by molar-refractivity contribution is 7.82. The predicted molar refractivity (Wildman–Crippen MR) is 108 cm³/mol. The number of urea groups is 1. The molecule has 31 heavy (non-hydrogen) atoms. The number of nitrogens with one attached hydrogen (secondary N) is 2. The molecule has 1 saturated carbocycles. The maximum Gasteiger partial charge on any atom is 0.325 e. The molecule has 2 unspecified atom stereocenters. The van der Waals surface area contributed by atoms with Crippen molar-refractivity contribution < 1.29 is 27.3 Å². The van der Waals surface area contributed by atoms with Gasteiger partial charge in [-0.3, -0.25) is 10.1 Å². The van der Waals surface area contributed by atoms with Gasteiger partial charge in [-0.1, -0.05) is 6.07 Å².